The molecule has 2 atom stereocenters. The van der Waals surface area contributed by atoms with Crippen LogP contribution in [-0.4, -0.2) is 21.4 Å². The minimum Gasteiger partial charge on any atom is -0.388 e. The van der Waals surface area contributed by atoms with Crippen LogP contribution in [0.2, 0.25) is 0 Å². The molecule has 3 nitrogen and oxygen atoms in total. The molecule has 2 unspecified atom stereocenters. The van der Waals surface area contributed by atoms with E-state index in [0.29, 0.717) is 12.0 Å². The van der Waals surface area contributed by atoms with E-state index in [9.17, 15) is 23.4 Å². The summed E-state index contributed by atoms with van der Waals surface area (Å²) < 4.78 is 39.6. The maximum atomic E-state index is 13.2. The van der Waals surface area contributed by atoms with Gasteiger partial charge >= 0.3 is 6.18 Å². The first-order valence-corrected chi connectivity index (χ1v) is 14.3. The van der Waals surface area contributed by atoms with Gasteiger partial charge in [-0.3, -0.25) is 4.98 Å². The van der Waals surface area contributed by atoms with Crippen LogP contribution in [0.5, 0.6) is 0 Å². The van der Waals surface area contributed by atoms with Gasteiger partial charge in [0, 0.05) is 22.5 Å². The second-order valence-corrected chi connectivity index (χ2v) is 12.3. The number of pyridine rings is 1. The molecule has 218 valence electrons. The van der Waals surface area contributed by atoms with Gasteiger partial charge in [-0.15, -0.1) is 0 Å². The molecule has 0 saturated carbocycles. The molecule has 3 rings (SSSR count). The van der Waals surface area contributed by atoms with Gasteiger partial charge in [0.1, 0.15) is 0 Å². The van der Waals surface area contributed by atoms with Gasteiger partial charge in [-0.2, -0.15) is 13.2 Å². The first-order valence-electron chi connectivity index (χ1n) is 14.3. The number of aliphatic hydroxyl groups excluding tert-OH is 2. The molecule has 0 radical (unpaired) electrons. The van der Waals surface area contributed by atoms with E-state index in [4.69, 9.17) is 4.98 Å². The van der Waals surface area contributed by atoms with Crippen LogP contribution in [0.25, 0.3) is 5.57 Å². The molecule has 0 fully saturated rings. The molecule has 1 aromatic heterocycles. The zero-order valence-electron chi connectivity index (χ0n) is 24.8. The smallest absolute Gasteiger partial charge is 0.388 e. The standard InChI is InChI=1S/C28H36F3NO2.C5H12/c1-6-10-19(28(29,30)31)13-9-14-21(33)25-23(18-11-7-8-12-18)24-20(32-26(25)17(2)3)15-27(4,5)16-22(24)34;1-4-5(2)3/h6,9-11,13,17,21-22,33-34H,1,7-8,12,14-16H2,2-5H3;5H,4H2,1-3H3/b13-9-,19-10+;. The van der Waals surface area contributed by atoms with Crippen molar-refractivity contribution >= 4 is 5.57 Å². The van der Waals surface area contributed by atoms with E-state index < -0.39 is 24.0 Å². The summed E-state index contributed by atoms with van der Waals surface area (Å²) in [6.07, 6.45) is 5.70. The molecular formula is C33H48F3NO2. The lowest BCUT2D eigenvalue weighted by Crippen LogP contribution is -2.29. The summed E-state index contributed by atoms with van der Waals surface area (Å²) in [7, 11) is 0. The number of hydrogen-bond donors (Lipinski definition) is 2. The molecule has 0 bridgehead atoms. The molecule has 2 aliphatic carbocycles. The highest BCUT2D eigenvalue weighted by Crippen LogP contribution is 2.48. The maximum absolute atomic E-state index is 13.2. The Bertz CT molecular complexity index is 1080. The molecule has 1 aromatic rings. The van der Waals surface area contributed by atoms with Crippen molar-refractivity contribution in [2.45, 2.75) is 118 Å². The fourth-order valence-corrected chi connectivity index (χ4v) is 5.16. The fourth-order valence-electron chi connectivity index (χ4n) is 5.16. The second kappa shape index (κ2) is 13.9. The minimum absolute atomic E-state index is 0.00657. The number of aliphatic hydroxyl groups is 2. The number of hydrogen-bond acceptors (Lipinski definition) is 3. The van der Waals surface area contributed by atoms with Crippen molar-refractivity contribution in [1.29, 1.82) is 0 Å². The highest BCUT2D eigenvalue weighted by Gasteiger charge is 2.38. The van der Waals surface area contributed by atoms with Gasteiger partial charge in [0.25, 0.3) is 0 Å². The quantitative estimate of drug-likeness (QED) is 0.319. The van der Waals surface area contributed by atoms with Gasteiger partial charge in [0.15, 0.2) is 0 Å². The molecule has 0 saturated heterocycles. The molecule has 0 aliphatic heterocycles. The van der Waals surface area contributed by atoms with E-state index in [1.165, 1.54) is 12.5 Å². The van der Waals surface area contributed by atoms with Gasteiger partial charge < -0.3 is 10.2 Å². The van der Waals surface area contributed by atoms with Crippen LogP contribution in [0.1, 0.15) is 133 Å². The van der Waals surface area contributed by atoms with Gasteiger partial charge in [0.2, 0.25) is 0 Å². The van der Waals surface area contributed by atoms with E-state index in [1.807, 2.05) is 13.8 Å². The average Bonchev–Trinajstić information content (AvgIpc) is 3.35. The van der Waals surface area contributed by atoms with Crippen molar-refractivity contribution < 1.29 is 23.4 Å². The van der Waals surface area contributed by atoms with Crippen molar-refractivity contribution in [2.24, 2.45) is 11.3 Å². The number of alkyl halides is 3. The van der Waals surface area contributed by atoms with Crippen LogP contribution in [0.4, 0.5) is 13.2 Å². The SMILES string of the molecule is C=C/C=C(\C=C/CC(O)c1c(C(C)C)nc2c(c1C1=CCCC1)C(O)CC(C)(C)C2)C(F)(F)F.CCC(C)C. The monoisotopic (exact) mass is 547 g/mol. The summed E-state index contributed by atoms with van der Waals surface area (Å²) >= 11 is 0. The Morgan fingerprint density at radius 1 is 1.23 bits per heavy atom. The lowest BCUT2D eigenvalue weighted by Gasteiger charge is -2.37. The summed E-state index contributed by atoms with van der Waals surface area (Å²) in [5, 5.41) is 22.5. The predicted molar refractivity (Wildman–Crippen MR) is 155 cm³/mol. The van der Waals surface area contributed by atoms with E-state index >= 15 is 0 Å². The molecule has 0 aromatic carbocycles. The van der Waals surface area contributed by atoms with E-state index in [-0.39, 0.29) is 17.8 Å². The first-order chi connectivity index (χ1) is 18.1. The lowest BCUT2D eigenvalue weighted by atomic mass is 9.71. The highest BCUT2D eigenvalue weighted by atomic mass is 19.4. The number of fused-ring (bicyclic) bond motifs is 1. The van der Waals surface area contributed by atoms with Crippen molar-refractivity contribution in [3.8, 4) is 0 Å². The van der Waals surface area contributed by atoms with Crippen LogP contribution >= 0.6 is 0 Å². The third-order valence-electron chi connectivity index (χ3n) is 7.45. The van der Waals surface area contributed by atoms with Gasteiger partial charge in [0.05, 0.1) is 17.8 Å². The van der Waals surface area contributed by atoms with Crippen molar-refractivity contribution in [3.05, 3.63) is 70.6 Å². The van der Waals surface area contributed by atoms with Crippen molar-refractivity contribution in [3.63, 3.8) is 0 Å². The number of nitrogens with zero attached hydrogens (tertiary/aromatic N) is 1. The molecule has 2 aliphatic rings. The van der Waals surface area contributed by atoms with Crippen LogP contribution in [0, 0.1) is 11.3 Å². The summed E-state index contributed by atoms with van der Waals surface area (Å²) in [5.41, 5.74) is 4.11. The summed E-state index contributed by atoms with van der Waals surface area (Å²) in [4.78, 5) is 4.95. The third kappa shape index (κ3) is 8.91. The number of aromatic nitrogens is 1. The topological polar surface area (TPSA) is 53.4 Å². The first kappa shape index (κ1) is 33.0. The van der Waals surface area contributed by atoms with E-state index in [2.05, 4.69) is 47.3 Å². The Kier molecular flexibility index (Phi) is 11.8. The number of rotatable bonds is 8. The van der Waals surface area contributed by atoms with Crippen LogP contribution in [-0.2, 0) is 6.42 Å². The molecule has 6 heteroatoms. The van der Waals surface area contributed by atoms with Gasteiger partial charge in [-0.05, 0) is 66.9 Å². The Morgan fingerprint density at radius 3 is 2.36 bits per heavy atom. The largest absolute Gasteiger partial charge is 0.416 e. The van der Waals surface area contributed by atoms with Crippen LogP contribution in [0.15, 0.2) is 42.5 Å². The fraction of sp³-hybridized carbons (Fsp3) is 0.606. The van der Waals surface area contributed by atoms with E-state index in [0.717, 1.165) is 77.9 Å². The highest BCUT2D eigenvalue weighted by molar-refractivity contribution is 5.75. The van der Waals surface area contributed by atoms with Crippen molar-refractivity contribution in [1.82, 2.24) is 4.98 Å². The molecule has 0 spiro atoms. The molecular weight excluding hydrogens is 499 g/mol. The van der Waals surface area contributed by atoms with Crippen molar-refractivity contribution in [2.75, 3.05) is 0 Å². The Morgan fingerprint density at radius 2 is 1.87 bits per heavy atom. The average molecular weight is 548 g/mol. The lowest BCUT2D eigenvalue weighted by molar-refractivity contribution is -0.0882. The van der Waals surface area contributed by atoms with Gasteiger partial charge in [-0.1, -0.05) is 91.8 Å². The third-order valence-corrected chi connectivity index (χ3v) is 7.45. The summed E-state index contributed by atoms with van der Waals surface area (Å²) in [6.45, 7) is 18.2. The maximum Gasteiger partial charge on any atom is 0.416 e. The summed E-state index contributed by atoms with van der Waals surface area (Å²) in [6, 6.07) is 0. The normalized spacial score (nSPS) is 20.1. The molecule has 39 heavy (non-hydrogen) atoms. The number of halogens is 3. The Balaban J connectivity index is 0.000000976. The number of allylic oxidation sites excluding steroid dienone is 6. The summed E-state index contributed by atoms with van der Waals surface area (Å²) in [5.74, 6) is 0.892. The van der Waals surface area contributed by atoms with Gasteiger partial charge in [-0.25, -0.2) is 0 Å². The minimum atomic E-state index is -4.50. The van der Waals surface area contributed by atoms with Crippen LogP contribution < -0.4 is 0 Å². The zero-order chi connectivity index (χ0) is 29.5. The van der Waals surface area contributed by atoms with E-state index in [1.54, 1.807) is 0 Å². The molecule has 0 amide bonds. The van der Waals surface area contributed by atoms with Crippen LogP contribution in [0.3, 0.4) is 0 Å². The molecule has 1 heterocycles. The predicted octanol–water partition coefficient (Wildman–Crippen LogP) is 9.48. The second-order valence-electron chi connectivity index (χ2n) is 12.3. The Labute approximate surface area is 233 Å². The Hall–Kier alpha value is -2.18. The zero-order valence-corrected chi connectivity index (χ0v) is 24.8. The molecule has 2 N–H and O–H groups in total.